The van der Waals surface area contributed by atoms with Crippen LogP contribution in [0.2, 0.25) is 0 Å². The molecule has 12 nitrogen and oxygen atoms in total. The summed E-state index contributed by atoms with van der Waals surface area (Å²) in [7, 11) is 0. The molecular weight excluding hydrogens is 528 g/mol. The Labute approximate surface area is 235 Å². The van der Waals surface area contributed by atoms with Gasteiger partial charge in [-0.3, -0.25) is 19.2 Å². The zero-order valence-corrected chi connectivity index (χ0v) is 23.7. The van der Waals surface area contributed by atoms with Crippen molar-refractivity contribution >= 4 is 23.9 Å². The van der Waals surface area contributed by atoms with Crippen LogP contribution in [0.3, 0.4) is 0 Å². The molecule has 0 unspecified atom stereocenters. The molecule has 2 aliphatic rings. The minimum Gasteiger partial charge on any atom is -0.463 e. The van der Waals surface area contributed by atoms with Gasteiger partial charge in [-0.2, -0.15) is 0 Å². The smallest absolute Gasteiger partial charge is 0.303 e. The zero-order valence-electron chi connectivity index (χ0n) is 23.7. The molecule has 2 aliphatic heterocycles. The second-order valence-electron chi connectivity index (χ2n) is 9.47. The summed E-state index contributed by atoms with van der Waals surface area (Å²) in [6, 6.07) is 0. The Morgan fingerprint density at radius 3 is 1.27 bits per heavy atom. The lowest BCUT2D eigenvalue weighted by atomic mass is 10.1. The molecule has 0 N–H and O–H groups in total. The van der Waals surface area contributed by atoms with E-state index < -0.39 is 60.9 Å². The fourth-order valence-corrected chi connectivity index (χ4v) is 4.02. The normalized spacial score (nSPS) is 25.7. The molecule has 6 atom stereocenters. The van der Waals surface area contributed by atoms with Gasteiger partial charge in [0.05, 0.1) is 13.2 Å². The molecule has 0 radical (unpaired) electrons. The van der Waals surface area contributed by atoms with E-state index in [2.05, 4.69) is 0 Å². The van der Waals surface area contributed by atoms with Gasteiger partial charge < -0.3 is 37.9 Å². The molecule has 12 heteroatoms. The van der Waals surface area contributed by atoms with Gasteiger partial charge in [-0.25, -0.2) is 0 Å². The van der Waals surface area contributed by atoms with Crippen molar-refractivity contribution in [1.82, 2.24) is 0 Å². The van der Waals surface area contributed by atoms with E-state index in [1.54, 1.807) is 24.3 Å². The van der Waals surface area contributed by atoms with E-state index in [4.69, 9.17) is 37.9 Å². The molecule has 2 heterocycles. The summed E-state index contributed by atoms with van der Waals surface area (Å²) in [5, 5.41) is 0. The standard InChI is InChI=1S/C28H42O12/c1-19(29)35-17-25-23(37-21(3)31)11-13-27(39-25)33-15-9-7-5-6-8-10-16-34-28-14-12-24(38-22(4)32)26(40-28)18-36-20(2)30/h11-14,23-28H,5-10,15-18H2,1-4H3/t23-,24-,25+,26+,27-,28-/m0/s1. The lowest BCUT2D eigenvalue weighted by Gasteiger charge is -2.31. The molecule has 0 bridgehead atoms. The third kappa shape index (κ3) is 14.0. The third-order valence-corrected chi connectivity index (χ3v) is 5.88. The van der Waals surface area contributed by atoms with Crippen molar-refractivity contribution in [3.63, 3.8) is 0 Å². The number of carbonyl (C=O) groups is 4. The predicted molar refractivity (Wildman–Crippen MR) is 140 cm³/mol. The van der Waals surface area contributed by atoms with Crippen molar-refractivity contribution < 1.29 is 57.1 Å². The average Bonchev–Trinajstić information content (AvgIpc) is 2.88. The molecule has 0 aromatic carbocycles. The Hall–Kier alpha value is -2.80. The quantitative estimate of drug-likeness (QED) is 0.110. The van der Waals surface area contributed by atoms with E-state index in [-0.39, 0.29) is 13.2 Å². The fraction of sp³-hybridized carbons (Fsp3) is 0.714. The van der Waals surface area contributed by atoms with Gasteiger partial charge in [0.2, 0.25) is 0 Å². The Morgan fingerprint density at radius 1 is 0.550 bits per heavy atom. The number of unbranched alkanes of at least 4 members (excludes halogenated alkanes) is 5. The van der Waals surface area contributed by atoms with Gasteiger partial charge in [-0.05, 0) is 37.1 Å². The van der Waals surface area contributed by atoms with Gasteiger partial charge in [0.25, 0.3) is 0 Å². The van der Waals surface area contributed by atoms with Crippen molar-refractivity contribution in [2.45, 2.75) is 103 Å². The van der Waals surface area contributed by atoms with Crippen LogP contribution >= 0.6 is 0 Å². The molecule has 0 saturated carbocycles. The van der Waals surface area contributed by atoms with E-state index in [0.29, 0.717) is 13.2 Å². The summed E-state index contributed by atoms with van der Waals surface area (Å²) < 4.78 is 43.6. The van der Waals surface area contributed by atoms with Crippen LogP contribution in [0.25, 0.3) is 0 Å². The van der Waals surface area contributed by atoms with E-state index in [1.807, 2.05) is 0 Å². The second-order valence-corrected chi connectivity index (χ2v) is 9.47. The minimum atomic E-state index is -0.638. The highest BCUT2D eigenvalue weighted by Gasteiger charge is 2.32. The van der Waals surface area contributed by atoms with Crippen LogP contribution in [0.5, 0.6) is 0 Å². The number of ether oxygens (including phenoxy) is 8. The number of hydrogen-bond donors (Lipinski definition) is 0. The van der Waals surface area contributed by atoms with Crippen molar-refractivity contribution in [2.75, 3.05) is 26.4 Å². The van der Waals surface area contributed by atoms with Crippen LogP contribution in [-0.4, -0.2) is 87.3 Å². The molecule has 0 spiro atoms. The predicted octanol–water partition coefficient (Wildman–Crippen LogP) is 2.91. The van der Waals surface area contributed by atoms with Crippen LogP contribution in [0.1, 0.15) is 66.2 Å². The maximum Gasteiger partial charge on any atom is 0.303 e. The van der Waals surface area contributed by atoms with Crippen LogP contribution in [0, 0.1) is 0 Å². The fourth-order valence-electron chi connectivity index (χ4n) is 4.02. The molecule has 0 aliphatic carbocycles. The van der Waals surface area contributed by atoms with Gasteiger partial charge in [0, 0.05) is 27.7 Å². The SMILES string of the molecule is CC(=O)OC[C@H]1O[C@H](OCCCCCCCCO[C@@H]2C=C[C@H](OC(C)=O)[C@@H](COC(C)=O)O2)C=C[C@@H]1OC(C)=O. The molecule has 0 aromatic rings. The maximum absolute atomic E-state index is 11.3. The van der Waals surface area contributed by atoms with E-state index in [9.17, 15) is 19.2 Å². The van der Waals surface area contributed by atoms with Gasteiger partial charge >= 0.3 is 23.9 Å². The number of rotatable bonds is 17. The Morgan fingerprint density at radius 2 is 0.925 bits per heavy atom. The summed E-state index contributed by atoms with van der Waals surface area (Å²) >= 11 is 0. The molecule has 2 rings (SSSR count). The van der Waals surface area contributed by atoms with Gasteiger partial charge in [-0.15, -0.1) is 0 Å². The lowest BCUT2D eigenvalue weighted by Crippen LogP contribution is -2.42. The lowest BCUT2D eigenvalue weighted by molar-refractivity contribution is -0.197. The van der Waals surface area contributed by atoms with E-state index in [1.165, 1.54) is 27.7 Å². The minimum absolute atomic E-state index is 0.0337. The van der Waals surface area contributed by atoms with Crippen molar-refractivity contribution in [2.24, 2.45) is 0 Å². The Bertz CT molecular complexity index is 799. The molecule has 226 valence electrons. The summed E-state index contributed by atoms with van der Waals surface area (Å²) in [5.41, 5.74) is 0. The largest absolute Gasteiger partial charge is 0.463 e. The first-order valence-corrected chi connectivity index (χ1v) is 13.7. The molecule has 0 fully saturated rings. The van der Waals surface area contributed by atoms with Crippen LogP contribution in [-0.2, 0) is 57.1 Å². The Balaban J connectivity index is 1.56. The van der Waals surface area contributed by atoms with E-state index in [0.717, 1.165) is 38.5 Å². The molecule has 0 aromatic heterocycles. The summed E-state index contributed by atoms with van der Waals surface area (Å²) in [6.45, 7) is 6.16. The number of esters is 4. The van der Waals surface area contributed by atoms with Gasteiger partial charge in [0.15, 0.2) is 12.6 Å². The first-order chi connectivity index (χ1) is 19.1. The molecule has 0 saturated heterocycles. The highest BCUT2D eigenvalue weighted by atomic mass is 16.7. The zero-order chi connectivity index (χ0) is 29.3. The molecule has 40 heavy (non-hydrogen) atoms. The number of carbonyl (C=O) groups excluding carboxylic acids is 4. The first kappa shape index (κ1) is 33.4. The molecule has 0 amide bonds. The molecular formula is C28H42O12. The first-order valence-electron chi connectivity index (χ1n) is 13.7. The van der Waals surface area contributed by atoms with Crippen molar-refractivity contribution in [3.8, 4) is 0 Å². The monoisotopic (exact) mass is 570 g/mol. The van der Waals surface area contributed by atoms with Gasteiger partial charge in [0.1, 0.15) is 37.6 Å². The summed E-state index contributed by atoms with van der Waals surface area (Å²) in [6.07, 6.45) is 8.84. The van der Waals surface area contributed by atoms with Crippen molar-refractivity contribution in [1.29, 1.82) is 0 Å². The highest BCUT2D eigenvalue weighted by molar-refractivity contribution is 5.67. The highest BCUT2D eigenvalue weighted by Crippen LogP contribution is 2.20. The van der Waals surface area contributed by atoms with Crippen LogP contribution in [0.4, 0.5) is 0 Å². The number of hydrogen-bond acceptors (Lipinski definition) is 12. The van der Waals surface area contributed by atoms with Crippen LogP contribution in [0.15, 0.2) is 24.3 Å². The summed E-state index contributed by atoms with van der Waals surface area (Å²) in [4.78, 5) is 44.9. The Kier molecular flexibility index (Phi) is 15.5. The van der Waals surface area contributed by atoms with E-state index >= 15 is 0 Å². The average molecular weight is 571 g/mol. The topological polar surface area (TPSA) is 142 Å². The van der Waals surface area contributed by atoms with Gasteiger partial charge in [-0.1, -0.05) is 25.7 Å². The maximum atomic E-state index is 11.3. The second kappa shape index (κ2) is 18.5. The summed E-state index contributed by atoms with van der Waals surface area (Å²) in [5.74, 6) is -1.78. The van der Waals surface area contributed by atoms with Crippen LogP contribution < -0.4 is 0 Å². The van der Waals surface area contributed by atoms with Crippen molar-refractivity contribution in [3.05, 3.63) is 24.3 Å². The third-order valence-electron chi connectivity index (χ3n) is 5.88.